The summed E-state index contributed by atoms with van der Waals surface area (Å²) < 4.78 is 5.37. The molecule has 1 heterocycles. The smallest absolute Gasteiger partial charge is 0.0495 e. The van der Waals surface area contributed by atoms with Crippen LogP contribution in [0, 0.1) is 5.92 Å². The quantitative estimate of drug-likeness (QED) is 0.845. The summed E-state index contributed by atoms with van der Waals surface area (Å²) in [6.07, 6.45) is 3.30. The van der Waals surface area contributed by atoms with Crippen LogP contribution in [0.2, 0.25) is 0 Å². The highest BCUT2D eigenvalue weighted by Crippen LogP contribution is 2.24. The lowest BCUT2D eigenvalue weighted by Crippen LogP contribution is -2.15. The lowest BCUT2D eigenvalue weighted by Gasteiger charge is -2.16. The number of rotatable bonds is 4. The topological polar surface area (TPSA) is 35.2 Å². The van der Waals surface area contributed by atoms with E-state index in [-0.39, 0.29) is 6.04 Å². The molecule has 88 valence electrons. The molecule has 0 aliphatic carbocycles. The molecule has 2 unspecified atom stereocenters. The first-order valence-corrected chi connectivity index (χ1v) is 6.21. The molecule has 0 aromatic heterocycles. The summed E-state index contributed by atoms with van der Waals surface area (Å²) in [5, 5.41) is 0. The number of nitrogens with two attached hydrogens (primary N) is 1. The molecule has 2 rings (SSSR count). The van der Waals surface area contributed by atoms with Crippen molar-refractivity contribution >= 4 is 0 Å². The van der Waals surface area contributed by atoms with Crippen LogP contribution in [0.4, 0.5) is 0 Å². The van der Waals surface area contributed by atoms with Gasteiger partial charge in [0.15, 0.2) is 0 Å². The minimum absolute atomic E-state index is 0.164. The van der Waals surface area contributed by atoms with Crippen LogP contribution in [0.25, 0.3) is 0 Å². The first kappa shape index (κ1) is 11.6. The average molecular weight is 219 g/mol. The molecule has 1 saturated heterocycles. The molecule has 2 nitrogen and oxygen atoms in total. The van der Waals surface area contributed by atoms with Crippen molar-refractivity contribution in [3.05, 3.63) is 35.4 Å². The van der Waals surface area contributed by atoms with Crippen molar-refractivity contribution in [2.45, 2.75) is 32.2 Å². The number of ether oxygens (including phenoxy) is 1. The number of hydrogen-bond donors (Lipinski definition) is 1. The molecular formula is C14H21NO. The standard InChI is InChI=1S/C14H21NO/c1-2-11-3-5-13(6-4-11)14(15)9-12-7-8-16-10-12/h3-6,12,14H,2,7-10,15H2,1H3. The van der Waals surface area contributed by atoms with Gasteiger partial charge in [-0.25, -0.2) is 0 Å². The van der Waals surface area contributed by atoms with Gasteiger partial charge in [0.1, 0.15) is 0 Å². The summed E-state index contributed by atoms with van der Waals surface area (Å²) in [5.41, 5.74) is 8.84. The Hall–Kier alpha value is -0.860. The van der Waals surface area contributed by atoms with E-state index >= 15 is 0 Å². The highest BCUT2D eigenvalue weighted by Gasteiger charge is 2.19. The van der Waals surface area contributed by atoms with E-state index in [4.69, 9.17) is 10.5 Å². The van der Waals surface area contributed by atoms with E-state index in [1.54, 1.807) is 0 Å². The maximum Gasteiger partial charge on any atom is 0.0495 e. The van der Waals surface area contributed by atoms with Gasteiger partial charge in [-0.15, -0.1) is 0 Å². The summed E-state index contributed by atoms with van der Waals surface area (Å²) in [6.45, 7) is 3.97. The van der Waals surface area contributed by atoms with E-state index in [9.17, 15) is 0 Å². The van der Waals surface area contributed by atoms with Gasteiger partial charge >= 0.3 is 0 Å². The van der Waals surface area contributed by atoms with E-state index in [2.05, 4.69) is 31.2 Å². The highest BCUT2D eigenvalue weighted by molar-refractivity contribution is 5.24. The third-order valence-electron chi connectivity index (χ3n) is 3.43. The molecule has 2 atom stereocenters. The van der Waals surface area contributed by atoms with Crippen molar-refractivity contribution in [1.29, 1.82) is 0 Å². The predicted molar refractivity (Wildman–Crippen MR) is 66.3 cm³/mol. The van der Waals surface area contributed by atoms with E-state index in [0.29, 0.717) is 5.92 Å². The Kier molecular flexibility index (Phi) is 3.97. The molecule has 0 amide bonds. The van der Waals surface area contributed by atoms with Crippen LogP contribution in [-0.4, -0.2) is 13.2 Å². The molecule has 2 N–H and O–H groups in total. The van der Waals surface area contributed by atoms with Crippen LogP contribution in [0.15, 0.2) is 24.3 Å². The minimum Gasteiger partial charge on any atom is -0.381 e. The van der Waals surface area contributed by atoms with Crippen molar-refractivity contribution in [3.8, 4) is 0 Å². The fourth-order valence-corrected chi connectivity index (χ4v) is 2.26. The summed E-state index contributed by atoms with van der Waals surface area (Å²) in [6, 6.07) is 8.86. The van der Waals surface area contributed by atoms with Gasteiger partial charge in [0.05, 0.1) is 0 Å². The first-order chi connectivity index (χ1) is 7.79. The molecule has 1 aromatic carbocycles. The van der Waals surface area contributed by atoms with Gasteiger partial charge in [-0.2, -0.15) is 0 Å². The second-order valence-electron chi connectivity index (χ2n) is 4.67. The number of aryl methyl sites for hydroxylation is 1. The Labute approximate surface area is 97.8 Å². The number of hydrogen-bond acceptors (Lipinski definition) is 2. The van der Waals surface area contributed by atoms with E-state index in [1.807, 2.05) is 0 Å². The van der Waals surface area contributed by atoms with E-state index in [1.165, 1.54) is 17.5 Å². The van der Waals surface area contributed by atoms with Crippen LogP contribution < -0.4 is 5.73 Å². The Balaban J connectivity index is 1.94. The largest absolute Gasteiger partial charge is 0.381 e. The van der Waals surface area contributed by atoms with Gasteiger partial charge in [-0.1, -0.05) is 31.2 Å². The van der Waals surface area contributed by atoms with Crippen LogP contribution in [0.1, 0.15) is 36.9 Å². The van der Waals surface area contributed by atoms with Gasteiger partial charge in [-0.3, -0.25) is 0 Å². The normalized spacial score (nSPS) is 22.2. The van der Waals surface area contributed by atoms with Crippen molar-refractivity contribution < 1.29 is 4.74 Å². The summed E-state index contributed by atoms with van der Waals surface area (Å²) >= 11 is 0. The molecule has 16 heavy (non-hydrogen) atoms. The first-order valence-electron chi connectivity index (χ1n) is 6.21. The molecule has 1 aliphatic heterocycles. The molecule has 2 heteroatoms. The van der Waals surface area contributed by atoms with Crippen LogP contribution in [0.3, 0.4) is 0 Å². The lowest BCUT2D eigenvalue weighted by atomic mass is 9.94. The van der Waals surface area contributed by atoms with Gasteiger partial charge in [0.25, 0.3) is 0 Å². The Bertz CT molecular complexity index is 314. The van der Waals surface area contributed by atoms with Crippen LogP contribution in [0.5, 0.6) is 0 Å². The molecule has 0 spiro atoms. The fourth-order valence-electron chi connectivity index (χ4n) is 2.26. The molecular weight excluding hydrogens is 198 g/mol. The molecule has 1 aliphatic rings. The van der Waals surface area contributed by atoms with Gasteiger partial charge in [0.2, 0.25) is 0 Å². The second-order valence-corrected chi connectivity index (χ2v) is 4.67. The maximum absolute atomic E-state index is 6.21. The molecule has 0 saturated carbocycles. The summed E-state index contributed by atoms with van der Waals surface area (Å²) in [5.74, 6) is 0.654. The zero-order chi connectivity index (χ0) is 11.4. The van der Waals surface area contributed by atoms with Gasteiger partial charge < -0.3 is 10.5 Å². The van der Waals surface area contributed by atoms with Crippen molar-refractivity contribution in [2.24, 2.45) is 11.7 Å². The molecule has 0 radical (unpaired) electrons. The molecule has 1 fully saturated rings. The SMILES string of the molecule is CCc1ccc(C(N)CC2CCOC2)cc1. The van der Waals surface area contributed by atoms with Crippen molar-refractivity contribution in [1.82, 2.24) is 0 Å². The zero-order valence-corrected chi connectivity index (χ0v) is 9.99. The third-order valence-corrected chi connectivity index (χ3v) is 3.43. The highest BCUT2D eigenvalue weighted by atomic mass is 16.5. The Morgan fingerprint density at radius 2 is 2.12 bits per heavy atom. The maximum atomic E-state index is 6.21. The van der Waals surface area contributed by atoms with E-state index < -0.39 is 0 Å². The fraction of sp³-hybridized carbons (Fsp3) is 0.571. The van der Waals surface area contributed by atoms with Crippen molar-refractivity contribution in [3.63, 3.8) is 0 Å². The second kappa shape index (κ2) is 5.46. The zero-order valence-electron chi connectivity index (χ0n) is 9.99. The third kappa shape index (κ3) is 2.83. The molecule has 0 bridgehead atoms. The Morgan fingerprint density at radius 3 is 2.69 bits per heavy atom. The monoisotopic (exact) mass is 219 g/mol. The predicted octanol–water partition coefficient (Wildman–Crippen LogP) is 2.68. The van der Waals surface area contributed by atoms with Crippen LogP contribution >= 0.6 is 0 Å². The number of benzene rings is 1. The Morgan fingerprint density at radius 1 is 1.38 bits per heavy atom. The van der Waals surface area contributed by atoms with E-state index in [0.717, 1.165) is 26.1 Å². The van der Waals surface area contributed by atoms with Crippen molar-refractivity contribution in [2.75, 3.05) is 13.2 Å². The van der Waals surface area contributed by atoms with Crippen LogP contribution in [-0.2, 0) is 11.2 Å². The van der Waals surface area contributed by atoms with Gasteiger partial charge in [-0.05, 0) is 36.3 Å². The van der Waals surface area contributed by atoms with Gasteiger partial charge in [0, 0.05) is 19.3 Å². The lowest BCUT2D eigenvalue weighted by molar-refractivity contribution is 0.182. The average Bonchev–Trinajstić information content (AvgIpc) is 2.82. The summed E-state index contributed by atoms with van der Waals surface area (Å²) in [7, 11) is 0. The summed E-state index contributed by atoms with van der Waals surface area (Å²) in [4.78, 5) is 0. The minimum atomic E-state index is 0.164. The molecule has 1 aromatic rings.